The Kier molecular flexibility index (Phi) is 7.82. The lowest BCUT2D eigenvalue weighted by atomic mass is 10.00. The van der Waals surface area contributed by atoms with E-state index in [9.17, 15) is 0 Å². The van der Waals surface area contributed by atoms with E-state index in [0.29, 0.717) is 18.2 Å². The smallest absolute Gasteiger partial charge is 0.0725 e. The van der Waals surface area contributed by atoms with Gasteiger partial charge in [0.05, 0.1) is 12.2 Å². The topological polar surface area (TPSA) is 30.5 Å². The summed E-state index contributed by atoms with van der Waals surface area (Å²) in [6.45, 7) is 6.05. The molecule has 0 radical (unpaired) electrons. The van der Waals surface area contributed by atoms with Crippen LogP contribution >= 0.6 is 0 Å². The van der Waals surface area contributed by atoms with Gasteiger partial charge in [0.1, 0.15) is 0 Å². The van der Waals surface area contributed by atoms with Gasteiger partial charge in [-0.1, -0.05) is 6.92 Å². The molecule has 1 aliphatic heterocycles. The molecule has 0 aromatic rings. The Hall–Kier alpha value is -0.120. The van der Waals surface area contributed by atoms with E-state index in [1.807, 2.05) is 7.05 Å². The van der Waals surface area contributed by atoms with Crippen molar-refractivity contribution in [2.75, 3.05) is 20.3 Å². The van der Waals surface area contributed by atoms with Crippen LogP contribution in [0.3, 0.4) is 0 Å². The highest BCUT2D eigenvalue weighted by molar-refractivity contribution is 4.76. The molecular weight excluding hydrogens is 214 g/mol. The van der Waals surface area contributed by atoms with Crippen LogP contribution in [0.5, 0.6) is 0 Å². The molecule has 0 amide bonds. The number of likely N-dealkylation sites (N-methyl/N-ethyl adjacent to an activating group) is 1. The average Bonchev–Trinajstić information content (AvgIpc) is 2.85. The van der Waals surface area contributed by atoms with Gasteiger partial charge in [-0.15, -0.1) is 0 Å². The fraction of sp³-hybridized carbons (Fsp3) is 1.00. The van der Waals surface area contributed by atoms with Gasteiger partial charge in [-0.25, -0.2) is 0 Å². The fourth-order valence-corrected chi connectivity index (χ4v) is 2.69. The molecule has 1 heterocycles. The van der Waals surface area contributed by atoms with Crippen molar-refractivity contribution in [2.24, 2.45) is 0 Å². The highest BCUT2D eigenvalue weighted by Crippen LogP contribution is 2.19. The summed E-state index contributed by atoms with van der Waals surface area (Å²) in [6.07, 6.45) is 8.10. The van der Waals surface area contributed by atoms with Crippen LogP contribution in [-0.4, -0.2) is 38.5 Å². The van der Waals surface area contributed by atoms with Crippen molar-refractivity contribution in [3.8, 4) is 0 Å². The second kappa shape index (κ2) is 8.90. The van der Waals surface area contributed by atoms with Crippen LogP contribution in [0.25, 0.3) is 0 Å². The van der Waals surface area contributed by atoms with E-state index in [1.54, 1.807) is 0 Å². The van der Waals surface area contributed by atoms with E-state index in [-0.39, 0.29) is 0 Å². The van der Waals surface area contributed by atoms with Crippen LogP contribution in [0.2, 0.25) is 0 Å². The van der Waals surface area contributed by atoms with E-state index < -0.39 is 0 Å². The van der Waals surface area contributed by atoms with Crippen LogP contribution in [0.1, 0.15) is 52.4 Å². The molecule has 0 bridgehead atoms. The molecule has 17 heavy (non-hydrogen) atoms. The maximum Gasteiger partial charge on any atom is 0.0725 e. The molecule has 1 saturated heterocycles. The minimum Gasteiger partial charge on any atom is -0.378 e. The molecule has 0 spiro atoms. The lowest BCUT2D eigenvalue weighted by molar-refractivity contribution is 0.0293. The minimum atomic E-state index is 0.356. The van der Waals surface area contributed by atoms with Gasteiger partial charge in [0, 0.05) is 19.3 Å². The van der Waals surface area contributed by atoms with Gasteiger partial charge in [-0.2, -0.15) is 0 Å². The zero-order valence-electron chi connectivity index (χ0n) is 11.7. The summed E-state index contributed by atoms with van der Waals surface area (Å²) in [4.78, 5) is 0. The van der Waals surface area contributed by atoms with Crippen LogP contribution in [-0.2, 0) is 9.47 Å². The summed E-state index contributed by atoms with van der Waals surface area (Å²) in [5, 5.41) is 3.40. The number of hydrogen-bond acceptors (Lipinski definition) is 3. The Morgan fingerprint density at radius 3 is 2.76 bits per heavy atom. The first-order valence-corrected chi connectivity index (χ1v) is 7.22. The van der Waals surface area contributed by atoms with Crippen molar-refractivity contribution < 1.29 is 9.47 Å². The largest absolute Gasteiger partial charge is 0.378 e. The number of nitrogens with one attached hydrogen (secondary N) is 1. The third kappa shape index (κ3) is 5.36. The van der Waals surface area contributed by atoms with E-state index in [4.69, 9.17) is 9.47 Å². The monoisotopic (exact) mass is 243 g/mol. The Morgan fingerprint density at radius 2 is 2.24 bits per heavy atom. The fourth-order valence-electron chi connectivity index (χ4n) is 2.69. The van der Waals surface area contributed by atoms with Crippen LogP contribution in [0.4, 0.5) is 0 Å². The van der Waals surface area contributed by atoms with E-state index in [0.717, 1.165) is 19.6 Å². The van der Waals surface area contributed by atoms with Crippen molar-refractivity contribution in [3.63, 3.8) is 0 Å². The normalized spacial score (nSPS) is 23.8. The molecule has 1 N–H and O–H groups in total. The molecule has 1 rings (SSSR count). The zero-order chi connectivity index (χ0) is 12.5. The molecule has 1 fully saturated rings. The summed E-state index contributed by atoms with van der Waals surface area (Å²) >= 11 is 0. The highest BCUT2D eigenvalue weighted by atomic mass is 16.5. The molecule has 102 valence electrons. The van der Waals surface area contributed by atoms with Gasteiger partial charge >= 0.3 is 0 Å². The Labute approximate surface area is 106 Å². The molecule has 3 atom stereocenters. The molecule has 0 aliphatic carbocycles. The minimum absolute atomic E-state index is 0.356. The molecular formula is C14H29NO2. The Balaban J connectivity index is 2.20. The SMILES string of the molecule is CCOC(CC)C(CCCC1CCCO1)NC. The number of rotatable bonds is 9. The number of ether oxygens (including phenoxy) is 2. The molecule has 0 saturated carbocycles. The zero-order valence-corrected chi connectivity index (χ0v) is 11.7. The van der Waals surface area contributed by atoms with Gasteiger partial charge in [0.25, 0.3) is 0 Å². The summed E-state index contributed by atoms with van der Waals surface area (Å²) in [5.74, 6) is 0. The van der Waals surface area contributed by atoms with Gasteiger partial charge < -0.3 is 14.8 Å². The van der Waals surface area contributed by atoms with Crippen LogP contribution < -0.4 is 5.32 Å². The van der Waals surface area contributed by atoms with Crippen LogP contribution in [0.15, 0.2) is 0 Å². The second-order valence-corrected chi connectivity index (χ2v) is 4.86. The quantitative estimate of drug-likeness (QED) is 0.675. The molecule has 0 aromatic heterocycles. The Morgan fingerprint density at radius 1 is 1.41 bits per heavy atom. The molecule has 0 aromatic carbocycles. The maximum atomic E-state index is 5.77. The van der Waals surface area contributed by atoms with Gasteiger partial charge in [0.15, 0.2) is 0 Å². The van der Waals surface area contributed by atoms with E-state index in [1.165, 1.54) is 32.1 Å². The average molecular weight is 243 g/mol. The van der Waals surface area contributed by atoms with Crippen molar-refractivity contribution in [2.45, 2.75) is 70.6 Å². The number of hydrogen-bond donors (Lipinski definition) is 1. The molecule has 3 unspecified atom stereocenters. The first kappa shape index (κ1) is 14.9. The van der Waals surface area contributed by atoms with Crippen molar-refractivity contribution >= 4 is 0 Å². The van der Waals surface area contributed by atoms with Gasteiger partial charge in [-0.3, -0.25) is 0 Å². The first-order valence-electron chi connectivity index (χ1n) is 7.22. The lowest BCUT2D eigenvalue weighted by Gasteiger charge is -2.26. The van der Waals surface area contributed by atoms with Gasteiger partial charge in [0.2, 0.25) is 0 Å². The highest BCUT2D eigenvalue weighted by Gasteiger charge is 2.20. The van der Waals surface area contributed by atoms with E-state index >= 15 is 0 Å². The molecule has 3 nitrogen and oxygen atoms in total. The third-order valence-electron chi connectivity index (χ3n) is 3.67. The van der Waals surface area contributed by atoms with Gasteiger partial charge in [-0.05, 0) is 52.5 Å². The maximum absolute atomic E-state index is 5.77. The van der Waals surface area contributed by atoms with Crippen molar-refractivity contribution in [3.05, 3.63) is 0 Å². The summed E-state index contributed by atoms with van der Waals surface area (Å²) < 4.78 is 11.4. The first-order chi connectivity index (χ1) is 8.31. The molecule has 3 heteroatoms. The predicted octanol–water partition coefficient (Wildman–Crippen LogP) is 2.74. The summed E-state index contributed by atoms with van der Waals surface area (Å²) in [6, 6.07) is 0.487. The summed E-state index contributed by atoms with van der Waals surface area (Å²) in [7, 11) is 2.04. The third-order valence-corrected chi connectivity index (χ3v) is 3.67. The lowest BCUT2D eigenvalue weighted by Crippen LogP contribution is -2.39. The standard InChI is InChI=1S/C14H29NO2/c1-4-14(16-5-2)13(15-3)10-6-8-12-9-7-11-17-12/h12-15H,4-11H2,1-3H3. The summed E-state index contributed by atoms with van der Waals surface area (Å²) in [5.41, 5.74) is 0. The second-order valence-electron chi connectivity index (χ2n) is 4.86. The van der Waals surface area contributed by atoms with E-state index in [2.05, 4.69) is 19.2 Å². The molecule has 1 aliphatic rings. The van der Waals surface area contributed by atoms with Crippen molar-refractivity contribution in [1.29, 1.82) is 0 Å². The van der Waals surface area contributed by atoms with Crippen LogP contribution in [0, 0.1) is 0 Å². The van der Waals surface area contributed by atoms with Crippen molar-refractivity contribution in [1.82, 2.24) is 5.32 Å². The Bertz CT molecular complexity index is 181. The predicted molar refractivity (Wildman–Crippen MR) is 71.4 cm³/mol.